The highest BCUT2D eigenvalue weighted by Gasteiger charge is 2.25. The molecular weight excluding hydrogens is 234 g/mol. The van der Waals surface area contributed by atoms with Crippen LogP contribution >= 0.6 is 0 Å². The molecule has 0 radical (unpaired) electrons. The van der Waals surface area contributed by atoms with Gasteiger partial charge in [-0.3, -0.25) is 0 Å². The van der Waals surface area contributed by atoms with E-state index >= 15 is 0 Å². The second kappa shape index (κ2) is 5.54. The van der Waals surface area contributed by atoms with Crippen LogP contribution in [-0.2, 0) is 6.42 Å². The van der Waals surface area contributed by atoms with Crippen LogP contribution in [0.3, 0.4) is 0 Å². The predicted molar refractivity (Wildman–Crippen MR) is 78.9 cm³/mol. The Morgan fingerprint density at radius 3 is 2.95 bits per heavy atom. The zero-order valence-corrected chi connectivity index (χ0v) is 12.1. The number of fused-ring (bicyclic) bond motifs is 1. The number of rotatable bonds is 5. The molecule has 0 aromatic heterocycles. The van der Waals surface area contributed by atoms with Crippen molar-refractivity contribution in [2.75, 3.05) is 13.2 Å². The monoisotopic (exact) mass is 259 g/mol. The van der Waals surface area contributed by atoms with Crippen molar-refractivity contribution in [3.63, 3.8) is 0 Å². The molecule has 2 atom stereocenters. The largest absolute Gasteiger partial charge is 0.493 e. The number of aryl methyl sites for hydroxylation is 1. The van der Waals surface area contributed by atoms with Gasteiger partial charge in [-0.2, -0.15) is 0 Å². The molecule has 0 saturated heterocycles. The maximum absolute atomic E-state index is 5.94. The third-order valence-corrected chi connectivity index (χ3v) is 4.61. The average Bonchev–Trinajstić information content (AvgIpc) is 3.27. The molecule has 0 amide bonds. The summed E-state index contributed by atoms with van der Waals surface area (Å²) in [7, 11) is 0. The molecule has 1 fully saturated rings. The van der Waals surface area contributed by atoms with Crippen LogP contribution in [0.2, 0.25) is 0 Å². The van der Waals surface area contributed by atoms with Crippen LogP contribution in [0.5, 0.6) is 5.75 Å². The lowest BCUT2D eigenvalue weighted by molar-refractivity contribution is 0.280. The molecule has 2 aliphatic rings. The van der Waals surface area contributed by atoms with Gasteiger partial charge in [-0.25, -0.2) is 0 Å². The summed E-state index contributed by atoms with van der Waals surface area (Å²) in [5, 5.41) is 3.65. The minimum Gasteiger partial charge on any atom is -0.493 e. The summed E-state index contributed by atoms with van der Waals surface area (Å²) in [4.78, 5) is 0. The van der Waals surface area contributed by atoms with Crippen molar-refractivity contribution >= 4 is 0 Å². The summed E-state index contributed by atoms with van der Waals surface area (Å²) in [6, 6.07) is 7.47. The average molecular weight is 259 g/mol. The number of hydrogen-bond acceptors (Lipinski definition) is 2. The van der Waals surface area contributed by atoms with Gasteiger partial charge in [0.25, 0.3) is 0 Å². The minimum absolute atomic E-state index is 0.555. The fourth-order valence-corrected chi connectivity index (χ4v) is 2.90. The van der Waals surface area contributed by atoms with Crippen LogP contribution < -0.4 is 10.1 Å². The van der Waals surface area contributed by atoms with Crippen molar-refractivity contribution in [3.05, 3.63) is 29.3 Å². The Morgan fingerprint density at radius 2 is 2.16 bits per heavy atom. The molecule has 0 spiro atoms. The Kier molecular flexibility index (Phi) is 3.79. The summed E-state index contributed by atoms with van der Waals surface area (Å²) in [5.74, 6) is 2.39. The second-order valence-corrected chi connectivity index (χ2v) is 6.24. The van der Waals surface area contributed by atoms with Gasteiger partial charge in [0, 0.05) is 6.04 Å². The molecule has 1 heterocycles. The molecule has 2 nitrogen and oxygen atoms in total. The first-order chi connectivity index (χ1) is 9.25. The quantitative estimate of drug-likeness (QED) is 0.874. The maximum atomic E-state index is 5.94. The number of nitrogens with one attached hydrogen (secondary N) is 1. The number of para-hydroxylation sites is 1. The molecule has 1 aliphatic carbocycles. The standard InChI is InChI=1S/C17H25NO/c1-12(11-18-15-8-9-15)13(2)16-7-3-5-14-6-4-10-19-17(14)16/h3,5,7,12-13,15,18H,4,6,8-11H2,1-2H3. The van der Waals surface area contributed by atoms with Gasteiger partial charge >= 0.3 is 0 Å². The van der Waals surface area contributed by atoms with Crippen LogP contribution in [0.25, 0.3) is 0 Å². The summed E-state index contributed by atoms with van der Waals surface area (Å²) in [6.45, 7) is 6.69. The summed E-state index contributed by atoms with van der Waals surface area (Å²) < 4.78 is 5.94. The van der Waals surface area contributed by atoms with Gasteiger partial charge in [-0.1, -0.05) is 32.0 Å². The van der Waals surface area contributed by atoms with E-state index < -0.39 is 0 Å². The van der Waals surface area contributed by atoms with Crippen LogP contribution in [0, 0.1) is 5.92 Å². The molecule has 104 valence electrons. The van der Waals surface area contributed by atoms with Crippen molar-refractivity contribution in [1.29, 1.82) is 0 Å². The van der Waals surface area contributed by atoms with Gasteiger partial charge in [-0.15, -0.1) is 0 Å². The van der Waals surface area contributed by atoms with Gasteiger partial charge in [-0.05, 0) is 55.2 Å². The molecule has 2 unspecified atom stereocenters. The molecule has 1 aromatic rings. The van der Waals surface area contributed by atoms with Crippen molar-refractivity contribution in [1.82, 2.24) is 5.32 Å². The van der Waals surface area contributed by atoms with Crippen molar-refractivity contribution in [3.8, 4) is 5.75 Å². The van der Waals surface area contributed by atoms with Crippen LogP contribution in [0.1, 0.15) is 50.2 Å². The Balaban J connectivity index is 1.72. The molecular formula is C17H25NO. The molecule has 0 bridgehead atoms. The van der Waals surface area contributed by atoms with Crippen LogP contribution in [0.4, 0.5) is 0 Å². The van der Waals surface area contributed by atoms with E-state index in [9.17, 15) is 0 Å². The van der Waals surface area contributed by atoms with Gasteiger partial charge in [0.05, 0.1) is 6.61 Å². The predicted octanol–water partition coefficient (Wildman–Crippen LogP) is 3.50. The Labute approximate surface area is 116 Å². The fraction of sp³-hybridized carbons (Fsp3) is 0.647. The first kappa shape index (κ1) is 13.0. The van der Waals surface area contributed by atoms with E-state index in [0.717, 1.165) is 25.6 Å². The topological polar surface area (TPSA) is 21.3 Å². The van der Waals surface area contributed by atoms with Crippen molar-refractivity contribution in [2.45, 2.75) is 51.5 Å². The lowest BCUT2D eigenvalue weighted by Crippen LogP contribution is -2.26. The Morgan fingerprint density at radius 1 is 1.32 bits per heavy atom. The number of ether oxygens (including phenoxy) is 1. The lowest BCUT2D eigenvalue weighted by atomic mass is 9.86. The van der Waals surface area contributed by atoms with Crippen LogP contribution in [0.15, 0.2) is 18.2 Å². The highest BCUT2D eigenvalue weighted by molar-refractivity contribution is 5.44. The highest BCUT2D eigenvalue weighted by atomic mass is 16.5. The first-order valence-corrected chi connectivity index (χ1v) is 7.73. The first-order valence-electron chi connectivity index (χ1n) is 7.73. The maximum Gasteiger partial charge on any atom is 0.125 e. The minimum atomic E-state index is 0.555. The molecule has 1 aliphatic heterocycles. The van der Waals surface area contributed by atoms with E-state index in [1.165, 1.54) is 36.1 Å². The fourth-order valence-electron chi connectivity index (χ4n) is 2.90. The van der Waals surface area contributed by atoms with Crippen LogP contribution in [-0.4, -0.2) is 19.2 Å². The molecule has 1 N–H and O–H groups in total. The molecule has 1 saturated carbocycles. The van der Waals surface area contributed by atoms with E-state index in [1.54, 1.807) is 0 Å². The molecule has 19 heavy (non-hydrogen) atoms. The van der Waals surface area contributed by atoms with Crippen molar-refractivity contribution in [2.24, 2.45) is 5.92 Å². The zero-order valence-electron chi connectivity index (χ0n) is 12.1. The van der Waals surface area contributed by atoms with Crippen molar-refractivity contribution < 1.29 is 4.74 Å². The summed E-state index contributed by atoms with van der Waals surface area (Å²) in [6.07, 6.45) is 5.06. The second-order valence-electron chi connectivity index (χ2n) is 6.24. The van der Waals surface area contributed by atoms with E-state index in [1.807, 2.05) is 0 Å². The third kappa shape index (κ3) is 2.94. The number of benzene rings is 1. The third-order valence-electron chi connectivity index (χ3n) is 4.61. The Bertz CT molecular complexity index is 439. The van der Waals surface area contributed by atoms with E-state index in [4.69, 9.17) is 4.74 Å². The van der Waals surface area contributed by atoms with E-state index in [0.29, 0.717) is 11.8 Å². The number of hydrogen-bond donors (Lipinski definition) is 1. The smallest absolute Gasteiger partial charge is 0.125 e. The normalized spacial score (nSPS) is 21.4. The highest BCUT2D eigenvalue weighted by Crippen LogP contribution is 2.36. The summed E-state index contributed by atoms with van der Waals surface area (Å²) >= 11 is 0. The summed E-state index contributed by atoms with van der Waals surface area (Å²) in [5.41, 5.74) is 2.81. The van der Waals surface area contributed by atoms with Gasteiger partial charge in [0.1, 0.15) is 5.75 Å². The van der Waals surface area contributed by atoms with E-state index in [-0.39, 0.29) is 0 Å². The molecule has 3 rings (SSSR count). The zero-order chi connectivity index (χ0) is 13.2. The van der Waals surface area contributed by atoms with E-state index in [2.05, 4.69) is 37.4 Å². The molecule has 1 aromatic carbocycles. The lowest BCUT2D eigenvalue weighted by Gasteiger charge is -2.26. The van der Waals surface area contributed by atoms with Gasteiger partial charge in [0.15, 0.2) is 0 Å². The van der Waals surface area contributed by atoms with Gasteiger partial charge in [0.2, 0.25) is 0 Å². The SMILES string of the molecule is CC(CNC1CC1)C(C)c1cccc2c1OCCC2. The Hall–Kier alpha value is -1.02. The van der Waals surface area contributed by atoms with Gasteiger partial charge < -0.3 is 10.1 Å². The molecule has 2 heteroatoms.